The van der Waals surface area contributed by atoms with E-state index in [9.17, 15) is 5.11 Å². The summed E-state index contributed by atoms with van der Waals surface area (Å²) in [7, 11) is 0. The third kappa shape index (κ3) is 10.3. The number of aromatic nitrogens is 3. The van der Waals surface area contributed by atoms with E-state index in [1.165, 1.54) is 6.33 Å². The molecule has 0 aliphatic rings. The molecule has 0 fully saturated rings. The summed E-state index contributed by atoms with van der Waals surface area (Å²) in [6.07, 6.45) is 6.49. The molecule has 1 N–H and O–H groups in total. The van der Waals surface area contributed by atoms with E-state index in [1.54, 1.807) is 11.0 Å². The molecule has 0 radical (unpaired) electrons. The van der Waals surface area contributed by atoms with Gasteiger partial charge in [-0.05, 0) is 35.6 Å². The number of aliphatic hydroxyl groups is 1. The second-order valence-corrected chi connectivity index (χ2v) is 8.73. The third-order valence-electron chi connectivity index (χ3n) is 4.80. The minimum atomic E-state index is -0.701. The summed E-state index contributed by atoms with van der Waals surface area (Å²) >= 11 is 0. The molecule has 0 saturated heterocycles. The molecule has 33 heavy (non-hydrogen) atoms. The van der Waals surface area contributed by atoms with Gasteiger partial charge in [-0.3, -0.25) is 0 Å². The highest BCUT2D eigenvalue weighted by Gasteiger charge is 2.27. The Morgan fingerprint density at radius 3 is 2.33 bits per heavy atom. The van der Waals surface area contributed by atoms with Crippen LogP contribution in [0.3, 0.4) is 0 Å². The highest BCUT2D eigenvalue weighted by Crippen LogP contribution is 2.28. The molecule has 180 valence electrons. The fourth-order valence-electron chi connectivity index (χ4n) is 2.84. The molecule has 0 aliphatic carbocycles. The van der Waals surface area contributed by atoms with Crippen LogP contribution in [-0.4, -0.2) is 65.6 Å². The van der Waals surface area contributed by atoms with Gasteiger partial charge in [0.25, 0.3) is 0 Å². The van der Waals surface area contributed by atoms with Crippen LogP contribution in [0.4, 0.5) is 0 Å². The average Bonchev–Trinajstić information content (AvgIpc) is 3.33. The SMILES string of the molecule is CCCCOCCOCCOCC#Cc1ccc(/C=C(\C(O)C(C)(C)C)n2cncn2)cc1. The zero-order valence-electron chi connectivity index (χ0n) is 20.3. The summed E-state index contributed by atoms with van der Waals surface area (Å²) in [4.78, 5) is 4.00. The summed E-state index contributed by atoms with van der Waals surface area (Å²) in [5.74, 6) is 6.11. The first-order valence-corrected chi connectivity index (χ1v) is 11.5. The predicted molar refractivity (Wildman–Crippen MR) is 130 cm³/mol. The van der Waals surface area contributed by atoms with E-state index < -0.39 is 6.10 Å². The van der Waals surface area contributed by atoms with Gasteiger partial charge in [0.15, 0.2) is 0 Å². The van der Waals surface area contributed by atoms with Gasteiger partial charge in [0.05, 0.1) is 32.1 Å². The molecule has 1 unspecified atom stereocenters. The molecule has 0 spiro atoms. The number of rotatable bonds is 13. The molecule has 1 heterocycles. The molecule has 2 aromatic rings. The molecular formula is C26H37N3O4. The van der Waals surface area contributed by atoms with Crippen LogP contribution in [-0.2, 0) is 14.2 Å². The molecular weight excluding hydrogens is 418 g/mol. The second-order valence-electron chi connectivity index (χ2n) is 8.73. The zero-order chi connectivity index (χ0) is 23.9. The van der Waals surface area contributed by atoms with Gasteiger partial charge in [-0.15, -0.1) is 0 Å². The topological polar surface area (TPSA) is 78.6 Å². The van der Waals surface area contributed by atoms with E-state index in [0.717, 1.165) is 30.6 Å². The lowest BCUT2D eigenvalue weighted by Gasteiger charge is -2.27. The van der Waals surface area contributed by atoms with Crippen molar-refractivity contribution in [1.82, 2.24) is 14.8 Å². The Morgan fingerprint density at radius 1 is 1.06 bits per heavy atom. The summed E-state index contributed by atoms with van der Waals surface area (Å²) < 4.78 is 18.0. The highest BCUT2D eigenvalue weighted by molar-refractivity contribution is 5.73. The van der Waals surface area contributed by atoms with Gasteiger partial charge in [-0.25, -0.2) is 9.67 Å². The van der Waals surface area contributed by atoms with Crippen LogP contribution >= 0.6 is 0 Å². The maximum Gasteiger partial charge on any atom is 0.138 e. The molecule has 0 saturated carbocycles. The van der Waals surface area contributed by atoms with E-state index in [0.29, 0.717) is 38.7 Å². The lowest BCUT2D eigenvalue weighted by atomic mass is 9.86. The summed E-state index contributed by atoms with van der Waals surface area (Å²) in [6.45, 7) is 11.5. The van der Waals surface area contributed by atoms with Gasteiger partial charge in [0, 0.05) is 12.2 Å². The smallest absolute Gasteiger partial charge is 0.138 e. The van der Waals surface area contributed by atoms with Crippen LogP contribution in [0.5, 0.6) is 0 Å². The molecule has 1 atom stereocenters. The number of hydrogen-bond acceptors (Lipinski definition) is 6. The van der Waals surface area contributed by atoms with Gasteiger partial charge < -0.3 is 19.3 Å². The van der Waals surface area contributed by atoms with Crippen LogP contribution in [0, 0.1) is 17.3 Å². The van der Waals surface area contributed by atoms with E-state index in [2.05, 4.69) is 28.8 Å². The van der Waals surface area contributed by atoms with Crippen molar-refractivity contribution in [2.45, 2.75) is 46.6 Å². The van der Waals surface area contributed by atoms with Crippen LogP contribution < -0.4 is 0 Å². The van der Waals surface area contributed by atoms with Gasteiger partial charge in [-0.1, -0.05) is 58.1 Å². The first-order chi connectivity index (χ1) is 15.9. The molecule has 0 amide bonds. The standard InChI is InChI=1S/C26H37N3O4/c1-5-6-13-31-15-17-33-18-16-32-14-7-8-22-9-11-23(12-10-22)19-24(25(30)26(2,3)4)29-21-27-20-28-29/h9-12,19-21,25,30H,5-6,13-18H2,1-4H3/b24-19+. The summed E-state index contributed by atoms with van der Waals surface area (Å²) in [5.41, 5.74) is 2.18. The minimum Gasteiger partial charge on any atom is -0.386 e. The molecule has 0 bridgehead atoms. The van der Waals surface area contributed by atoms with E-state index in [1.807, 2.05) is 51.1 Å². The maximum atomic E-state index is 10.8. The minimum absolute atomic E-state index is 0.337. The van der Waals surface area contributed by atoms with E-state index >= 15 is 0 Å². The van der Waals surface area contributed by atoms with Crippen molar-refractivity contribution in [3.05, 3.63) is 48.0 Å². The Labute approximate surface area is 197 Å². The van der Waals surface area contributed by atoms with Crippen LogP contribution in [0.2, 0.25) is 0 Å². The number of unbranched alkanes of at least 4 members (excludes halogenated alkanes) is 1. The molecule has 1 aromatic heterocycles. The fourth-order valence-corrected chi connectivity index (χ4v) is 2.84. The van der Waals surface area contributed by atoms with Gasteiger partial charge in [0.1, 0.15) is 25.4 Å². The molecule has 0 aliphatic heterocycles. The maximum absolute atomic E-state index is 10.8. The lowest BCUT2D eigenvalue weighted by molar-refractivity contribution is 0.0197. The fraction of sp³-hybridized carbons (Fsp3) is 0.538. The van der Waals surface area contributed by atoms with Crippen molar-refractivity contribution in [2.24, 2.45) is 5.41 Å². The van der Waals surface area contributed by atoms with Crippen molar-refractivity contribution in [2.75, 3.05) is 39.6 Å². The third-order valence-corrected chi connectivity index (χ3v) is 4.80. The van der Waals surface area contributed by atoms with Gasteiger partial charge in [-0.2, -0.15) is 5.10 Å². The van der Waals surface area contributed by atoms with E-state index in [-0.39, 0.29) is 5.41 Å². The Balaban J connectivity index is 1.79. The van der Waals surface area contributed by atoms with Gasteiger partial charge in [0.2, 0.25) is 0 Å². The number of nitrogens with zero attached hydrogens (tertiary/aromatic N) is 3. The monoisotopic (exact) mass is 455 g/mol. The molecule has 7 heteroatoms. The number of hydrogen-bond donors (Lipinski definition) is 1. The van der Waals surface area contributed by atoms with Crippen molar-refractivity contribution in [3.63, 3.8) is 0 Å². The van der Waals surface area contributed by atoms with Crippen LogP contribution in [0.25, 0.3) is 11.8 Å². The van der Waals surface area contributed by atoms with E-state index in [4.69, 9.17) is 14.2 Å². The van der Waals surface area contributed by atoms with Gasteiger partial charge >= 0.3 is 0 Å². The summed E-state index contributed by atoms with van der Waals surface area (Å²) in [5, 5.41) is 15.0. The van der Waals surface area contributed by atoms with Crippen LogP contribution in [0.1, 0.15) is 51.7 Å². The zero-order valence-corrected chi connectivity index (χ0v) is 20.3. The quantitative estimate of drug-likeness (QED) is 0.365. The van der Waals surface area contributed by atoms with Crippen molar-refractivity contribution >= 4 is 11.8 Å². The molecule has 7 nitrogen and oxygen atoms in total. The van der Waals surface area contributed by atoms with Crippen molar-refractivity contribution < 1.29 is 19.3 Å². The first-order valence-electron chi connectivity index (χ1n) is 11.5. The lowest BCUT2D eigenvalue weighted by Crippen LogP contribution is -2.29. The average molecular weight is 456 g/mol. The number of aliphatic hydroxyl groups excluding tert-OH is 1. The largest absolute Gasteiger partial charge is 0.386 e. The number of benzene rings is 1. The Kier molecular flexibility index (Phi) is 11.8. The number of ether oxygens (including phenoxy) is 3. The highest BCUT2D eigenvalue weighted by atomic mass is 16.5. The Bertz CT molecular complexity index is 875. The Morgan fingerprint density at radius 2 is 1.73 bits per heavy atom. The molecule has 2 rings (SSSR count). The normalized spacial score (nSPS) is 12.9. The summed E-state index contributed by atoms with van der Waals surface area (Å²) in [6, 6.07) is 7.83. The first kappa shape index (κ1) is 26.7. The molecule has 1 aromatic carbocycles. The van der Waals surface area contributed by atoms with Crippen molar-refractivity contribution in [3.8, 4) is 11.8 Å². The second kappa shape index (κ2) is 14.6. The Hall–Kier alpha value is -2.50. The predicted octanol–water partition coefficient (Wildman–Crippen LogP) is 3.88. The van der Waals surface area contributed by atoms with Crippen LogP contribution in [0.15, 0.2) is 36.9 Å². The van der Waals surface area contributed by atoms with Crippen molar-refractivity contribution in [1.29, 1.82) is 0 Å².